The number of aliphatic carboxylic acids is 1. The first-order valence-electron chi connectivity index (χ1n) is 7.33. The van der Waals surface area contributed by atoms with Gasteiger partial charge < -0.3 is 10.0 Å². The second kappa shape index (κ2) is 7.32. The van der Waals surface area contributed by atoms with Crippen LogP contribution in [0, 0.1) is 0 Å². The molecule has 0 unspecified atom stereocenters. The van der Waals surface area contributed by atoms with Crippen molar-refractivity contribution in [3.05, 3.63) is 41.7 Å². The van der Waals surface area contributed by atoms with Crippen LogP contribution in [-0.2, 0) is 11.0 Å². The summed E-state index contributed by atoms with van der Waals surface area (Å²) in [5, 5.41) is 16.0. The summed E-state index contributed by atoms with van der Waals surface area (Å²) >= 11 is 0. The van der Waals surface area contributed by atoms with Crippen LogP contribution in [0.1, 0.15) is 29.4 Å². The van der Waals surface area contributed by atoms with Crippen molar-refractivity contribution in [2.45, 2.75) is 19.5 Å². The minimum Gasteiger partial charge on any atom is -0.481 e. The second-order valence-electron chi connectivity index (χ2n) is 5.12. The molecule has 0 aliphatic carbocycles. The smallest absolute Gasteiger partial charge is 0.416 e. The Balaban J connectivity index is 2.22. The van der Waals surface area contributed by atoms with Crippen molar-refractivity contribution in [3.8, 4) is 5.69 Å². The summed E-state index contributed by atoms with van der Waals surface area (Å²) in [5.41, 5.74) is -0.815. The molecule has 1 heterocycles. The third-order valence-electron chi connectivity index (χ3n) is 3.42. The number of amides is 1. The molecule has 0 atom stereocenters. The van der Waals surface area contributed by atoms with Crippen molar-refractivity contribution in [2.24, 2.45) is 0 Å². The fraction of sp³-hybridized carbons (Fsp3) is 0.333. The van der Waals surface area contributed by atoms with Gasteiger partial charge in [-0.05, 0) is 25.1 Å². The topological polar surface area (TPSA) is 88.3 Å². The summed E-state index contributed by atoms with van der Waals surface area (Å²) in [4.78, 5) is 24.2. The molecule has 0 radical (unpaired) electrons. The van der Waals surface area contributed by atoms with E-state index in [9.17, 15) is 22.8 Å². The van der Waals surface area contributed by atoms with Gasteiger partial charge in [0, 0.05) is 13.1 Å². The van der Waals surface area contributed by atoms with Gasteiger partial charge in [-0.1, -0.05) is 11.3 Å². The molecule has 134 valence electrons. The highest BCUT2D eigenvalue weighted by Crippen LogP contribution is 2.30. The monoisotopic (exact) mass is 356 g/mol. The summed E-state index contributed by atoms with van der Waals surface area (Å²) in [6.45, 7) is 1.95. The highest BCUT2D eigenvalue weighted by Gasteiger charge is 2.30. The first kappa shape index (κ1) is 18.4. The number of carboxylic acids is 1. The molecule has 0 saturated heterocycles. The molecule has 0 fully saturated rings. The zero-order valence-corrected chi connectivity index (χ0v) is 13.2. The lowest BCUT2D eigenvalue weighted by Crippen LogP contribution is -2.33. The van der Waals surface area contributed by atoms with Gasteiger partial charge in [-0.2, -0.15) is 13.2 Å². The predicted molar refractivity (Wildman–Crippen MR) is 80.2 cm³/mol. The van der Waals surface area contributed by atoms with E-state index in [1.54, 1.807) is 6.92 Å². The lowest BCUT2D eigenvalue weighted by Gasteiger charge is -2.18. The van der Waals surface area contributed by atoms with Gasteiger partial charge in [-0.3, -0.25) is 9.59 Å². The largest absolute Gasteiger partial charge is 0.481 e. The zero-order valence-electron chi connectivity index (χ0n) is 13.2. The lowest BCUT2D eigenvalue weighted by atomic mass is 10.2. The quantitative estimate of drug-likeness (QED) is 0.857. The number of halogens is 3. The Morgan fingerprint density at radius 3 is 2.64 bits per heavy atom. The molecule has 1 aromatic carbocycles. The van der Waals surface area contributed by atoms with E-state index in [1.807, 2.05) is 0 Å². The zero-order chi connectivity index (χ0) is 18.6. The van der Waals surface area contributed by atoms with Gasteiger partial charge in [0.2, 0.25) is 0 Å². The minimum absolute atomic E-state index is 0.00108. The van der Waals surface area contributed by atoms with Crippen LogP contribution in [-0.4, -0.2) is 50.0 Å². The second-order valence-corrected chi connectivity index (χ2v) is 5.12. The Hall–Kier alpha value is -2.91. The molecule has 0 aliphatic rings. The van der Waals surface area contributed by atoms with Crippen LogP contribution in [0.25, 0.3) is 5.69 Å². The molecule has 25 heavy (non-hydrogen) atoms. The first-order valence-corrected chi connectivity index (χ1v) is 7.33. The van der Waals surface area contributed by atoms with E-state index in [4.69, 9.17) is 5.11 Å². The molecule has 1 amide bonds. The number of benzene rings is 1. The third kappa shape index (κ3) is 4.55. The molecule has 0 bridgehead atoms. The molecule has 1 aromatic heterocycles. The number of carboxylic acid groups (broad SMARTS) is 1. The van der Waals surface area contributed by atoms with Crippen LogP contribution in [0.15, 0.2) is 30.5 Å². The molecule has 1 N–H and O–H groups in total. The summed E-state index contributed by atoms with van der Waals surface area (Å²) < 4.78 is 39.4. The minimum atomic E-state index is -4.49. The van der Waals surface area contributed by atoms with Crippen molar-refractivity contribution in [2.75, 3.05) is 13.1 Å². The maximum atomic E-state index is 12.8. The molecule has 7 nitrogen and oxygen atoms in total. The molecule has 2 aromatic rings. The van der Waals surface area contributed by atoms with Gasteiger partial charge in [0.1, 0.15) is 0 Å². The average Bonchev–Trinajstić information content (AvgIpc) is 3.04. The molecule has 0 saturated carbocycles. The van der Waals surface area contributed by atoms with E-state index in [2.05, 4.69) is 10.3 Å². The summed E-state index contributed by atoms with van der Waals surface area (Å²) in [7, 11) is 0. The normalized spacial score (nSPS) is 11.4. The van der Waals surface area contributed by atoms with E-state index >= 15 is 0 Å². The van der Waals surface area contributed by atoms with Crippen molar-refractivity contribution in [3.63, 3.8) is 0 Å². The Bertz CT molecular complexity index is 773. The van der Waals surface area contributed by atoms with E-state index in [0.717, 1.165) is 16.8 Å². The van der Waals surface area contributed by atoms with Crippen molar-refractivity contribution < 1.29 is 27.9 Å². The molecule has 0 aliphatic heterocycles. The summed E-state index contributed by atoms with van der Waals surface area (Å²) in [5.74, 6) is -1.58. The molecular weight excluding hydrogens is 341 g/mol. The number of carbonyl (C=O) groups excluding carboxylic acids is 1. The lowest BCUT2D eigenvalue weighted by molar-refractivity contribution is -0.138. The molecular formula is C15H15F3N4O3. The van der Waals surface area contributed by atoms with Crippen LogP contribution in [0.2, 0.25) is 0 Å². The standard InChI is InChI=1S/C15H15F3N4O3/c1-2-21(7-6-13(23)24)14(25)12-9-22(20-19-12)11-5-3-4-10(8-11)15(16,17)18/h3-5,8-9H,2,6-7H2,1H3,(H,23,24). The van der Waals surface area contributed by atoms with Gasteiger partial charge in [0.15, 0.2) is 5.69 Å². The van der Waals surface area contributed by atoms with Crippen molar-refractivity contribution in [1.29, 1.82) is 0 Å². The molecule has 0 spiro atoms. The Morgan fingerprint density at radius 1 is 1.32 bits per heavy atom. The number of hydrogen-bond donors (Lipinski definition) is 1. The first-order chi connectivity index (χ1) is 11.7. The Kier molecular flexibility index (Phi) is 5.40. The van der Waals surface area contributed by atoms with E-state index in [-0.39, 0.29) is 30.9 Å². The van der Waals surface area contributed by atoms with Gasteiger partial charge in [0.25, 0.3) is 5.91 Å². The highest BCUT2D eigenvalue weighted by atomic mass is 19.4. The highest BCUT2D eigenvalue weighted by molar-refractivity contribution is 5.92. The van der Waals surface area contributed by atoms with Crippen LogP contribution >= 0.6 is 0 Å². The Labute approximate surface area is 140 Å². The number of nitrogens with zero attached hydrogens (tertiary/aromatic N) is 4. The van der Waals surface area contributed by atoms with Gasteiger partial charge in [0.05, 0.1) is 23.9 Å². The average molecular weight is 356 g/mol. The van der Waals surface area contributed by atoms with Gasteiger partial charge >= 0.3 is 12.1 Å². The van der Waals surface area contributed by atoms with Gasteiger partial charge in [-0.25, -0.2) is 4.68 Å². The van der Waals surface area contributed by atoms with Crippen LogP contribution in [0.5, 0.6) is 0 Å². The molecule has 10 heteroatoms. The van der Waals surface area contributed by atoms with E-state index in [1.165, 1.54) is 23.2 Å². The summed E-state index contributed by atoms with van der Waals surface area (Å²) in [6.07, 6.45) is -3.51. The molecule has 2 rings (SSSR count). The number of hydrogen-bond acceptors (Lipinski definition) is 4. The predicted octanol–water partition coefficient (Wildman–Crippen LogP) is 2.22. The van der Waals surface area contributed by atoms with E-state index in [0.29, 0.717) is 0 Å². The van der Waals surface area contributed by atoms with Gasteiger partial charge in [-0.15, -0.1) is 5.10 Å². The summed E-state index contributed by atoms with van der Waals surface area (Å²) in [6, 6.07) is 4.45. The third-order valence-corrected chi connectivity index (χ3v) is 3.42. The fourth-order valence-electron chi connectivity index (χ4n) is 2.11. The number of rotatable bonds is 6. The number of alkyl halides is 3. The van der Waals surface area contributed by atoms with Crippen LogP contribution < -0.4 is 0 Å². The fourth-order valence-corrected chi connectivity index (χ4v) is 2.11. The number of aromatic nitrogens is 3. The SMILES string of the molecule is CCN(CCC(=O)O)C(=O)c1cn(-c2cccc(C(F)(F)F)c2)nn1. The van der Waals surface area contributed by atoms with Crippen molar-refractivity contribution >= 4 is 11.9 Å². The number of carbonyl (C=O) groups is 2. The van der Waals surface area contributed by atoms with Crippen LogP contribution in [0.3, 0.4) is 0 Å². The Morgan fingerprint density at radius 2 is 2.04 bits per heavy atom. The maximum absolute atomic E-state index is 12.8. The van der Waals surface area contributed by atoms with E-state index < -0.39 is 23.6 Å². The van der Waals surface area contributed by atoms with Crippen LogP contribution in [0.4, 0.5) is 13.2 Å². The van der Waals surface area contributed by atoms with Crippen molar-refractivity contribution in [1.82, 2.24) is 19.9 Å². The maximum Gasteiger partial charge on any atom is 0.416 e.